The number of hydrogen-bond donors (Lipinski definition) is 0. The van der Waals surface area contributed by atoms with E-state index in [0.717, 1.165) is 0 Å². The number of rotatable bonds is 4. The van der Waals surface area contributed by atoms with Gasteiger partial charge >= 0.3 is 59.5 Å². The molecule has 0 aliphatic carbocycles. The lowest BCUT2D eigenvalue weighted by Gasteiger charge is -2.40. The third-order valence-corrected chi connectivity index (χ3v) is 6.06. The van der Waals surface area contributed by atoms with Crippen molar-refractivity contribution in [2.24, 2.45) is 0 Å². The second-order valence-electron chi connectivity index (χ2n) is 8.46. The highest BCUT2D eigenvalue weighted by atomic mass is 19.4. The Morgan fingerprint density at radius 3 is 0.875 bits per heavy atom. The molecule has 0 radical (unpaired) electrons. The molecule has 3 aliphatic rings. The molecule has 232 valence electrons. The summed E-state index contributed by atoms with van der Waals surface area (Å²) in [4.78, 5) is 22.7. The lowest BCUT2D eigenvalue weighted by Crippen LogP contribution is -2.68. The number of amides is 2. The quantitative estimate of drug-likeness (QED) is 0.439. The molecule has 6 nitrogen and oxygen atoms in total. The van der Waals surface area contributed by atoms with Crippen molar-refractivity contribution in [3.8, 4) is 0 Å². The highest BCUT2D eigenvalue weighted by molar-refractivity contribution is 5.87. The molecule has 2 amide bonds. The topological polar surface area (TPSA) is 59.1 Å². The van der Waals surface area contributed by atoms with Crippen LogP contribution >= 0.6 is 0 Å². The molecule has 3 rings (SSSR count). The van der Waals surface area contributed by atoms with Crippen molar-refractivity contribution < 1.29 is 98.1 Å². The maximum Gasteiger partial charge on any atom is 0.428 e. The molecule has 0 spiro atoms. The Bertz CT molecular complexity index is 1010. The summed E-state index contributed by atoms with van der Waals surface area (Å²) in [6.07, 6.45) is -13.2. The molecule has 0 aromatic heterocycles. The van der Waals surface area contributed by atoms with Crippen molar-refractivity contribution >= 4 is 11.8 Å². The van der Waals surface area contributed by atoms with E-state index in [4.69, 9.17) is 0 Å². The van der Waals surface area contributed by atoms with Gasteiger partial charge in [0.2, 0.25) is 0 Å². The van der Waals surface area contributed by atoms with Crippen molar-refractivity contribution in [3.63, 3.8) is 0 Å². The molecule has 0 bridgehead atoms. The van der Waals surface area contributed by atoms with Gasteiger partial charge in [0.05, 0.1) is 0 Å². The van der Waals surface area contributed by atoms with Crippen LogP contribution in [0.4, 0.5) is 79.0 Å². The monoisotopic (exact) mass is 634 g/mol. The number of alkyl halides is 18. The van der Waals surface area contributed by atoms with Gasteiger partial charge in [0, 0.05) is 26.2 Å². The molecule has 0 unspecified atom stereocenters. The van der Waals surface area contributed by atoms with E-state index in [0.29, 0.717) is 0 Å². The number of halogens is 18. The number of piperazine rings is 1. The Morgan fingerprint density at radius 2 is 0.700 bits per heavy atom. The van der Waals surface area contributed by atoms with Crippen LogP contribution in [0.25, 0.3) is 0 Å². The number of hydrogen-bond acceptors (Lipinski definition) is 4. The highest BCUT2D eigenvalue weighted by Crippen LogP contribution is 2.66. The van der Waals surface area contributed by atoms with Crippen LogP contribution < -0.4 is 0 Å². The molecule has 3 saturated heterocycles. The van der Waals surface area contributed by atoms with Gasteiger partial charge in [-0.05, 0) is 0 Å². The van der Waals surface area contributed by atoms with Crippen LogP contribution in [-0.4, -0.2) is 107 Å². The zero-order valence-electron chi connectivity index (χ0n) is 18.2. The van der Waals surface area contributed by atoms with E-state index < -0.39 is 107 Å². The van der Waals surface area contributed by atoms with Crippen LogP contribution in [0.3, 0.4) is 0 Å². The Kier molecular flexibility index (Phi) is 6.52. The number of ether oxygens (including phenoxy) is 2. The molecular formula is C16H8F18N2O4. The van der Waals surface area contributed by atoms with Crippen LogP contribution in [0.2, 0.25) is 0 Å². The van der Waals surface area contributed by atoms with Crippen LogP contribution in [0.15, 0.2) is 0 Å². The average Bonchev–Trinajstić information content (AvgIpc) is 2.97. The standard InChI is InChI=1S/C16H8F18N2O4/c17-7(18,13(29)9(21,22)11(25,26)15(31,32)39-13)5(37)35-1-2-36(4-3-35)6(38)8(19,20)14(30)10(23,24)12(27,28)16(33,34)40-14/h1-4H2/t13-,14+. The van der Waals surface area contributed by atoms with Gasteiger partial charge < -0.3 is 9.80 Å². The van der Waals surface area contributed by atoms with Crippen molar-refractivity contribution in [1.29, 1.82) is 0 Å². The SMILES string of the molecule is O=C(N1CCN(C(=O)C(F)(F)[C@@]2(F)OC(F)(F)C(F)(F)C2(F)F)CC1)C(F)(F)[C@]1(F)OC(F)(F)C(F)(F)C1(F)F. The Balaban J connectivity index is 1.81. The first-order valence-electron chi connectivity index (χ1n) is 9.84. The maximum absolute atomic E-state index is 14.3. The van der Waals surface area contributed by atoms with Crippen LogP contribution in [-0.2, 0) is 19.1 Å². The zero-order valence-corrected chi connectivity index (χ0v) is 18.2. The summed E-state index contributed by atoms with van der Waals surface area (Å²) in [5.74, 6) is -61.4. The maximum atomic E-state index is 14.3. The van der Waals surface area contributed by atoms with Crippen molar-refractivity contribution in [1.82, 2.24) is 9.80 Å². The van der Waals surface area contributed by atoms with Crippen molar-refractivity contribution in [2.45, 2.75) is 59.5 Å². The molecule has 3 fully saturated rings. The van der Waals surface area contributed by atoms with E-state index in [1.807, 2.05) is 0 Å². The predicted molar refractivity (Wildman–Crippen MR) is 82.6 cm³/mol. The number of carbonyl (C=O) groups is 2. The molecule has 40 heavy (non-hydrogen) atoms. The first kappa shape index (κ1) is 32.1. The van der Waals surface area contributed by atoms with E-state index in [1.165, 1.54) is 0 Å². The van der Waals surface area contributed by atoms with Crippen molar-refractivity contribution in [2.75, 3.05) is 26.2 Å². The molecule has 24 heteroatoms. The molecule has 3 heterocycles. The fraction of sp³-hybridized carbons (Fsp3) is 0.875. The highest BCUT2D eigenvalue weighted by Gasteiger charge is 2.97. The third-order valence-electron chi connectivity index (χ3n) is 6.06. The van der Waals surface area contributed by atoms with E-state index in [2.05, 4.69) is 9.47 Å². The minimum absolute atomic E-state index is 0.592. The first-order chi connectivity index (χ1) is 17.4. The van der Waals surface area contributed by atoms with Gasteiger partial charge in [-0.3, -0.25) is 19.1 Å². The van der Waals surface area contributed by atoms with E-state index >= 15 is 0 Å². The molecule has 3 aliphatic heterocycles. The van der Waals surface area contributed by atoms with Gasteiger partial charge in [-0.1, -0.05) is 0 Å². The second kappa shape index (κ2) is 8.12. The van der Waals surface area contributed by atoms with Gasteiger partial charge in [0.25, 0.3) is 11.8 Å². The normalized spacial score (nSPS) is 34.1. The molecule has 0 saturated carbocycles. The minimum atomic E-state index is -7.09. The van der Waals surface area contributed by atoms with Crippen LogP contribution in [0.5, 0.6) is 0 Å². The summed E-state index contributed by atoms with van der Waals surface area (Å²) in [7, 11) is 0. The fourth-order valence-corrected chi connectivity index (χ4v) is 3.69. The van der Waals surface area contributed by atoms with Crippen LogP contribution in [0.1, 0.15) is 0 Å². The third kappa shape index (κ3) is 3.42. The second-order valence-corrected chi connectivity index (χ2v) is 8.46. The van der Waals surface area contributed by atoms with E-state index in [9.17, 15) is 88.6 Å². The van der Waals surface area contributed by atoms with Gasteiger partial charge in [-0.25, -0.2) is 0 Å². The van der Waals surface area contributed by atoms with Crippen molar-refractivity contribution in [3.05, 3.63) is 0 Å². The molecular weight excluding hydrogens is 626 g/mol. The molecule has 0 aromatic rings. The van der Waals surface area contributed by atoms with E-state index in [1.54, 1.807) is 0 Å². The van der Waals surface area contributed by atoms with Gasteiger partial charge in [0.1, 0.15) is 0 Å². The van der Waals surface area contributed by atoms with Gasteiger partial charge in [-0.2, -0.15) is 79.0 Å². The predicted octanol–water partition coefficient (Wildman–Crippen LogP) is 4.05. The smallest absolute Gasteiger partial charge is 0.334 e. The fourth-order valence-electron chi connectivity index (χ4n) is 3.69. The first-order valence-corrected chi connectivity index (χ1v) is 9.84. The summed E-state index contributed by atoms with van der Waals surface area (Å²) in [6.45, 7) is -6.75. The van der Waals surface area contributed by atoms with Gasteiger partial charge in [-0.15, -0.1) is 0 Å². The lowest BCUT2D eigenvalue weighted by molar-refractivity contribution is -0.369. The summed E-state index contributed by atoms with van der Waals surface area (Å²) < 4.78 is 250. The molecule has 0 N–H and O–H groups in total. The lowest BCUT2D eigenvalue weighted by atomic mass is 9.98. The van der Waals surface area contributed by atoms with E-state index in [-0.39, 0.29) is 0 Å². The largest absolute Gasteiger partial charge is 0.428 e. The summed E-state index contributed by atoms with van der Waals surface area (Å²) in [6, 6.07) is 0. The molecule has 0 aromatic carbocycles. The Labute approximate surface area is 206 Å². The summed E-state index contributed by atoms with van der Waals surface area (Å²) >= 11 is 0. The number of nitrogens with zero attached hydrogens (tertiary/aromatic N) is 2. The zero-order chi connectivity index (χ0) is 31.6. The number of carbonyl (C=O) groups excluding carboxylic acids is 2. The van der Waals surface area contributed by atoms with Crippen LogP contribution in [0, 0.1) is 0 Å². The van der Waals surface area contributed by atoms with Gasteiger partial charge in [0.15, 0.2) is 0 Å². The average molecular weight is 634 g/mol. The Hall–Kier alpha value is -2.40. The summed E-state index contributed by atoms with van der Waals surface area (Å²) in [5, 5.41) is 0. The summed E-state index contributed by atoms with van der Waals surface area (Å²) in [5.41, 5.74) is 0. The minimum Gasteiger partial charge on any atom is -0.334 e. The Morgan fingerprint density at radius 1 is 0.475 bits per heavy atom. The molecule has 2 atom stereocenters.